The molecule has 2 aliphatic heterocycles. The topological polar surface area (TPSA) is 179 Å². The Labute approximate surface area is 400 Å². The summed E-state index contributed by atoms with van der Waals surface area (Å²) in [6.07, 6.45) is 8.81. The second-order valence-electron chi connectivity index (χ2n) is 16.9. The molecule has 6 aromatic rings. The summed E-state index contributed by atoms with van der Waals surface area (Å²) >= 11 is 0. The summed E-state index contributed by atoms with van der Waals surface area (Å²) in [5, 5.41) is 9.20. The van der Waals surface area contributed by atoms with Crippen molar-refractivity contribution in [3.63, 3.8) is 0 Å². The van der Waals surface area contributed by atoms with Crippen LogP contribution in [0.1, 0.15) is 117 Å². The Kier molecular flexibility index (Phi) is 20.6. The van der Waals surface area contributed by atoms with Gasteiger partial charge in [-0.1, -0.05) is 52.0 Å². The maximum atomic E-state index is 13.8. The summed E-state index contributed by atoms with van der Waals surface area (Å²) in [4.78, 5) is 48.6. The number of amides is 2. The zero-order valence-electron chi connectivity index (χ0n) is 39.0. The first-order valence-electron chi connectivity index (χ1n) is 22.2. The maximum Gasteiger partial charge on any atom is 3.00 e. The fourth-order valence-electron chi connectivity index (χ4n) is 6.89. The van der Waals surface area contributed by atoms with E-state index in [2.05, 4.69) is 70.5 Å². The van der Waals surface area contributed by atoms with Crippen molar-refractivity contribution in [2.45, 2.75) is 99.8 Å². The maximum absolute atomic E-state index is 13.8. The van der Waals surface area contributed by atoms with Gasteiger partial charge in [-0.05, 0) is 81.2 Å². The minimum Gasteiger partial charge on any atom is -0.368 e. The van der Waals surface area contributed by atoms with Crippen molar-refractivity contribution in [2.24, 2.45) is 16.6 Å². The molecular weight excluding hydrogens is 886 g/mol. The number of aromatic amines is 2. The molecule has 10 rings (SSSR count). The SMILES string of the molecule is CC1(CN)CC1.Cc1nc2cccc(-c3cc4c([nH]3)CCNC4=O)c2nc1F.Cc1nc2cccc(-c3cc4c([nH]3)CCNC4=O)c2nc1NCC1(C)CC1.Cl.[CH2-]C.[CH2-]CC.[CH2-]CC.[Ni+3]. The number of benzene rings is 2. The second-order valence-corrected chi connectivity index (χ2v) is 16.9. The molecule has 0 bridgehead atoms. The molecule has 6 heterocycles. The van der Waals surface area contributed by atoms with Crippen molar-refractivity contribution < 1.29 is 30.5 Å². The number of para-hydroxylation sites is 2. The van der Waals surface area contributed by atoms with Crippen LogP contribution in [0.5, 0.6) is 0 Å². The fourth-order valence-corrected chi connectivity index (χ4v) is 6.89. The number of hydrogen-bond donors (Lipinski definition) is 6. The third-order valence-corrected chi connectivity index (χ3v) is 11.3. The van der Waals surface area contributed by atoms with Gasteiger partial charge in [-0.2, -0.15) is 24.2 Å². The van der Waals surface area contributed by atoms with E-state index < -0.39 is 5.95 Å². The third-order valence-electron chi connectivity index (χ3n) is 11.3. The molecule has 4 aliphatic rings. The van der Waals surface area contributed by atoms with Gasteiger partial charge in [-0.25, -0.2) is 19.9 Å². The number of H-pyrrole nitrogens is 2. The van der Waals surface area contributed by atoms with Gasteiger partial charge in [0.2, 0.25) is 5.95 Å². The van der Waals surface area contributed by atoms with Gasteiger partial charge < -0.3 is 52.4 Å². The molecular formula is C50H67ClFN10NiO2. The summed E-state index contributed by atoms with van der Waals surface area (Å²) in [7, 11) is 0. The van der Waals surface area contributed by atoms with Gasteiger partial charge in [-0.15, -0.1) is 12.4 Å². The van der Waals surface area contributed by atoms with Crippen LogP contribution in [0.3, 0.4) is 0 Å². The minimum atomic E-state index is -0.575. The first kappa shape index (κ1) is 54.4. The predicted molar refractivity (Wildman–Crippen MR) is 262 cm³/mol. The number of carbonyl (C=O) groups is 2. The second kappa shape index (κ2) is 24.6. The largest absolute Gasteiger partial charge is 3.00 e. The number of aryl methyl sites for hydroxylation is 2. The van der Waals surface area contributed by atoms with Crippen LogP contribution >= 0.6 is 12.4 Å². The molecule has 7 N–H and O–H groups in total. The molecule has 0 spiro atoms. The molecule has 12 nitrogen and oxygen atoms in total. The summed E-state index contributed by atoms with van der Waals surface area (Å²) in [6, 6.07) is 15.2. The number of fused-ring (bicyclic) bond motifs is 4. The minimum absolute atomic E-state index is 0. The van der Waals surface area contributed by atoms with Crippen LogP contribution in [-0.4, -0.2) is 67.9 Å². The average Bonchev–Trinajstić information content (AvgIpc) is 4.08. The number of rotatable bonds is 6. The van der Waals surface area contributed by atoms with Crippen molar-refractivity contribution in [1.82, 2.24) is 40.5 Å². The van der Waals surface area contributed by atoms with Crippen LogP contribution in [0.2, 0.25) is 0 Å². The van der Waals surface area contributed by atoms with E-state index in [-0.39, 0.29) is 46.4 Å². The van der Waals surface area contributed by atoms with Crippen LogP contribution in [0.15, 0.2) is 48.5 Å². The molecule has 0 saturated heterocycles. The smallest absolute Gasteiger partial charge is 0.368 e. The van der Waals surface area contributed by atoms with Gasteiger partial charge in [0.05, 0.1) is 33.5 Å². The Bertz CT molecular complexity index is 2510. The first-order valence-corrected chi connectivity index (χ1v) is 22.2. The number of carbonyl (C=O) groups excluding carboxylic acids is 2. The molecule has 2 amide bonds. The number of nitrogens with zero attached hydrogens (tertiary/aromatic N) is 4. The molecule has 353 valence electrons. The van der Waals surface area contributed by atoms with Crippen LogP contribution in [0, 0.1) is 51.4 Å². The monoisotopic (exact) mass is 951 g/mol. The van der Waals surface area contributed by atoms with Crippen molar-refractivity contribution in [2.75, 3.05) is 31.5 Å². The third kappa shape index (κ3) is 13.8. The molecule has 2 aliphatic carbocycles. The van der Waals surface area contributed by atoms with Gasteiger partial charge in [-0.3, -0.25) is 9.59 Å². The van der Waals surface area contributed by atoms with E-state index in [1.165, 1.54) is 25.7 Å². The Morgan fingerprint density at radius 3 is 1.54 bits per heavy atom. The normalized spacial score (nSPS) is 15.1. The molecule has 2 saturated carbocycles. The zero-order chi connectivity index (χ0) is 45.9. The number of anilines is 1. The quantitative estimate of drug-likeness (QED) is 0.0705. The van der Waals surface area contributed by atoms with Gasteiger partial charge in [0.15, 0.2) is 0 Å². The average molecular weight is 953 g/mol. The van der Waals surface area contributed by atoms with Crippen LogP contribution in [0.25, 0.3) is 44.6 Å². The summed E-state index contributed by atoms with van der Waals surface area (Å²) < 4.78 is 13.8. The van der Waals surface area contributed by atoms with E-state index in [0.717, 1.165) is 101 Å². The van der Waals surface area contributed by atoms with Gasteiger partial charge in [0.25, 0.3) is 11.8 Å². The molecule has 4 aromatic heterocycles. The molecule has 65 heavy (non-hydrogen) atoms. The van der Waals surface area contributed by atoms with E-state index in [1.807, 2.05) is 57.2 Å². The van der Waals surface area contributed by atoms with Crippen molar-refractivity contribution in [3.05, 3.63) is 109 Å². The number of nitrogens with two attached hydrogens (primary N) is 1. The van der Waals surface area contributed by atoms with Crippen molar-refractivity contribution >= 4 is 52.1 Å². The van der Waals surface area contributed by atoms with Gasteiger partial charge in [0.1, 0.15) is 16.9 Å². The molecule has 15 heteroatoms. The number of halogens is 2. The number of nitrogens with one attached hydrogen (secondary N) is 5. The first-order chi connectivity index (χ1) is 30.2. The van der Waals surface area contributed by atoms with E-state index in [0.29, 0.717) is 40.5 Å². The molecule has 1 radical (unpaired) electrons. The summed E-state index contributed by atoms with van der Waals surface area (Å²) in [6.45, 7) is 27.2. The molecule has 2 fully saturated rings. The van der Waals surface area contributed by atoms with E-state index in [4.69, 9.17) is 15.7 Å². The number of aromatic nitrogens is 6. The van der Waals surface area contributed by atoms with Gasteiger partial charge in [0, 0.05) is 66.4 Å². The van der Waals surface area contributed by atoms with E-state index >= 15 is 0 Å². The Balaban J connectivity index is 0.000000265. The van der Waals surface area contributed by atoms with Gasteiger partial charge >= 0.3 is 16.5 Å². The molecule has 0 atom stereocenters. The Hall–Kier alpha value is -4.91. The van der Waals surface area contributed by atoms with E-state index in [9.17, 15) is 14.0 Å². The molecule has 2 aromatic carbocycles. The van der Waals surface area contributed by atoms with Crippen LogP contribution in [-0.2, 0) is 29.3 Å². The van der Waals surface area contributed by atoms with Crippen molar-refractivity contribution in [3.8, 4) is 22.5 Å². The standard InChI is InChI=1S/C21H23N5O.C16H13FN4O.C5H11N.2C3H7.C2H5.ClH.Ni/c1-12-19(23-11-21(2)7-8-21)26-18-13(4-3-5-16(18)24-12)17-10-14-15(25-17)6-9-22-20(14)27;1-8-15(17)21-14-9(3-2-4-12(14)19-8)13-7-10-11(20-13)5-6-18-16(10)22;1-5(4-6)2-3-5;2*1-3-2;1-2;;/h3-5,10,25H,6-9,11H2,1-2H3,(H,22,27)(H,23,26);2-4,7,20H,5-6H2,1H3,(H,18,22);2-4,6H2,1H3;2*1,3H2,2H3;1H2,2H3;1H;/q;;;3*-1;;+3. The number of hydrogen-bond acceptors (Lipinski definition) is 8. The van der Waals surface area contributed by atoms with Crippen molar-refractivity contribution in [1.29, 1.82) is 0 Å². The zero-order valence-corrected chi connectivity index (χ0v) is 40.8. The summed E-state index contributed by atoms with van der Waals surface area (Å²) in [5.74, 6) is 0.171. The van der Waals surface area contributed by atoms with Crippen LogP contribution in [0.4, 0.5) is 10.2 Å². The summed E-state index contributed by atoms with van der Waals surface area (Å²) in [5.41, 5.74) is 17.0. The predicted octanol–water partition coefficient (Wildman–Crippen LogP) is 10.3. The van der Waals surface area contributed by atoms with E-state index in [1.54, 1.807) is 26.0 Å². The Morgan fingerprint density at radius 2 is 1.14 bits per heavy atom. The fraction of sp³-hybridized carbons (Fsp3) is 0.420. The van der Waals surface area contributed by atoms with Crippen LogP contribution < -0.4 is 21.7 Å². The molecule has 0 unspecified atom stereocenters. The Morgan fingerprint density at radius 1 is 0.708 bits per heavy atom.